The minimum absolute atomic E-state index is 0. The maximum Gasteiger partial charge on any atom is 1.00 e. The Balaban J connectivity index is -0.000000609. The van der Waals surface area contributed by atoms with E-state index >= 15 is 0 Å². The first-order chi connectivity index (χ1) is 20.6. The van der Waals surface area contributed by atoms with Crippen molar-refractivity contribution in [1.82, 2.24) is 15.3 Å². The summed E-state index contributed by atoms with van der Waals surface area (Å²) in [6.45, 7) is 8.29. The molecule has 0 aromatic carbocycles. The minimum atomic E-state index is -0.182. The molecule has 0 unspecified atom stereocenters. The summed E-state index contributed by atoms with van der Waals surface area (Å²) < 4.78 is 12.8. The number of piperidine rings is 2. The van der Waals surface area contributed by atoms with Crippen molar-refractivity contribution in [2.45, 2.75) is 39.5 Å². The van der Waals surface area contributed by atoms with Gasteiger partial charge in [-0.15, -0.1) is 0 Å². The average molecular weight is 1090 g/mol. The summed E-state index contributed by atoms with van der Waals surface area (Å²) in [5.41, 5.74) is -0.250. The molecule has 4 atom stereocenters. The van der Waals surface area contributed by atoms with E-state index in [1.807, 2.05) is 50.2 Å². The number of hydrogen-bond acceptors (Lipinski definition) is 11. The number of ether oxygens (including phenoxy) is 2. The first-order valence-electron chi connectivity index (χ1n) is 14.1. The molecule has 4 fully saturated rings. The van der Waals surface area contributed by atoms with Crippen molar-refractivity contribution in [3.8, 4) is 0 Å². The van der Waals surface area contributed by atoms with Gasteiger partial charge in [-0.2, -0.15) is 0 Å². The number of hydrogen-bond donors (Lipinski definition) is 1. The van der Waals surface area contributed by atoms with Gasteiger partial charge in [0, 0.05) is 13.1 Å². The predicted octanol–water partition coefficient (Wildman–Crippen LogP) is -2.67. The van der Waals surface area contributed by atoms with Crippen molar-refractivity contribution in [3.63, 3.8) is 0 Å². The van der Waals surface area contributed by atoms with Crippen LogP contribution in [0, 0.1) is 30.1 Å². The zero-order valence-corrected chi connectivity index (χ0v) is 44.4. The molecule has 0 spiro atoms. The molecule has 4 heterocycles. The second-order valence-electron chi connectivity index (χ2n) is 10.5. The second kappa shape index (κ2) is 25.9. The standard InChI is InChI=1S/C14H17BrN2O2.C9H15NO2.C5H3Br2N.CH2O3.CH3.BH4.2Cs.H/c1-2-19-13(18)14-6-7-17(9-10(14)8-14)12-5-3-4-11(15)16-12;1-2-12-8(11)9-3-4-10-6-7(9)5-9;6-4-2-1-3-5(7)8-4;2-1-4-3;;;;;/h3-5,10H,2,6-9H2,1H3;7,10H,2-6H2,1H3;1-3H;1,3H;1H3;1H4;;;/q;;;;2*-1;2*+1;-1/p-1/t10-,14+;7-,9+;;;;;;;/m00......./s1. The Hall–Kier alpha value is 2.04. The maximum atomic E-state index is 12.0. The summed E-state index contributed by atoms with van der Waals surface area (Å²) in [5, 5.41) is 11.7. The molecule has 2 aliphatic heterocycles. The van der Waals surface area contributed by atoms with Crippen LogP contribution in [0.1, 0.15) is 41.0 Å². The number of fused-ring (bicyclic) bond motifs is 2. The third-order valence-electron chi connectivity index (χ3n) is 7.98. The van der Waals surface area contributed by atoms with Crippen molar-refractivity contribution in [1.29, 1.82) is 0 Å². The summed E-state index contributed by atoms with van der Waals surface area (Å²) in [6, 6.07) is 11.6. The summed E-state index contributed by atoms with van der Waals surface area (Å²) in [5.74, 6) is 2.02. The van der Waals surface area contributed by atoms with Gasteiger partial charge in [-0.05, 0) is 137 Å². The molecule has 1 N–H and O–H groups in total. The molecule has 47 heavy (non-hydrogen) atoms. The molecule has 2 saturated heterocycles. The molecular formula is C30H44BBr3Cs2N4O7-2. The van der Waals surface area contributed by atoms with Gasteiger partial charge >= 0.3 is 150 Å². The Morgan fingerprint density at radius 2 is 1.45 bits per heavy atom. The first-order valence-corrected chi connectivity index (χ1v) is 16.5. The summed E-state index contributed by atoms with van der Waals surface area (Å²) in [4.78, 5) is 45.5. The van der Waals surface area contributed by atoms with Gasteiger partial charge < -0.3 is 38.7 Å². The number of rotatable bonds is 6. The number of pyridine rings is 2. The number of carbonyl (C=O) groups excluding carboxylic acids is 3. The van der Waals surface area contributed by atoms with E-state index in [4.69, 9.17) is 19.5 Å². The monoisotopic (exact) mass is 1090 g/mol. The minimum Gasteiger partial charge on any atom is -1.00 e. The molecule has 11 nitrogen and oxygen atoms in total. The number of halogens is 3. The van der Waals surface area contributed by atoms with Crippen LogP contribution < -0.4 is 153 Å². The molecule has 2 aromatic rings. The van der Waals surface area contributed by atoms with Crippen LogP contribution in [0.25, 0.3) is 0 Å². The zero-order chi connectivity index (χ0) is 31.5. The number of anilines is 1. The van der Waals surface area contributed by atoms with Gasteiger partial charge in [-0.3, -0.25) is 14.4 Å². The van der Waals surface area contributed by atoms with Gasteiger partial charge in [0.1, 0.15) is 19.6 Å². The fourth-order valence-electron chi connectivity index (χ4n) is 5.58. The summed E-state index contributed by atoms with van der Waals surface area (Å²) in [7, 11) is 0. The second-order valence-corrected chi connectivity index (χ2v) is 12.9. The zero-order valence-electron chi connectivity index (χ0n) is 28.1. The fraction of sp³-hybridized carbons (Fsp3) is 0.533. The molecule has 17 heteroatoms. The molecule has 2 aromatic heterocycles. The van der Waals surface area contributed by atoms with Gasteiger partial charge in [-0.25, -0.2) is 9.97 Å². The van der Waals surface area contributed by atoms with Gasteiger partial charge in [0.25, 0.3) is 6.47 Å². The molecule has 4 aliphatic rings. The van der Waals surface area contributed by atoms with Crippen LogP contribution >= 0.6 is 47.8 Å². The van der Waals surface area contributed by atoms with Gasteiger partial charge in [-0.1, -0.05) is 20.5 Å². The Kier molecular flexibility index (Phi) is 28.2. The number of esters is 2. The van der Waals surface area contributed by atoms with E-state index in [2.05, 4.69) is 72.9 Å². The molecule has 254 valence electrons. The average Bonchev–Trinajstić information content (AvgIpc) is 3.91. The van der Waals surface area contributed by atoms with Gasteiger partial charge in [0.2, 0.25) is 0 Å². The fourth-order valence-corrected chi connectivity index (χ4v) is 6.84. The molecule has 0 bridgehead atoms. The third-order valence-corrected chi connectivity index (χ3v) is 9.30. The van der Waals surface area contributed by atoms with Crippen molar-refractivity contribution >= 4 is 80.4 Å². The Bertz CT molecular complexity index is 1250. The quantitative estimate of drug-likeness (QED) is 0.0617. The van der Waals surface area contributed by atoms with Crippen LogP contribution in [-0.2, 0) is 28.7 Å². The first kappa shape index (κ1) is 51.1. The van der Waals surface area contributed by atoms with E-state index in [1.54, 1.807) is 0 Å². The predicted molar refractivity (Wildman–Crippen MR) is 186 cm³/mol. The topological polar surface area (TPSA) is 143 Å². The number of nitrogens with one attached hydrogen (secondary N) is 1. The number of nitrogens with zero attached hydrogens (tertiary/aromatic N) is 3. The molecule has 0 radical (unpaired) electrons. The molecule has 2 aliphatic carbocycles. The Labute approximate surface area is 424 Å². The van der Waals surface area contributed by atoms with Crippen LogP contribution in [0.2, 0.25) is 0 Å². The largest absolute Gasteiger partial charge is 1.00 e. The van der Waals surface area contributed by atoms with Gasteiger partial charge in [0.05, 0.1) is 24.0 Å². The number of aromatic nitrogens is 2. The Morgan fingerprint density at radius 1 is 0.957 bits per heavy atom. The number of carbonyl (C=O) groups is 3. The van der Waals surface area contributed by atoms with E-state index in [0.717, 1.165) is 71.5 Å². The van der Waals surface area contributed by atoms with Crippen molar-refractivity contribution in [2.24, 2.45) is 22.7 Å². The molecular weight excluding hydrogens is 1040 g/mol. The SMILES string of the molecule is Brc1cccc(Br)n1.CCOC(=O)[C@@]12CCN(c3cccc(Br)n3)C[C@@H]1C2.CCOC(=O)[C@@]12CCNC[C@@H]1C2.O=CO[O-].[BH4-].[CH3-].[Cs+].[Cs+].[H-]. The molecule has 0 amide bonds. The van der Waals surface area contributed by atoms with Crippen molar-refractivity contribution < 1.29 is 173 Å². The molecule has 2 saturated carbocycles. The van der Waals surface area contributed by atoms with Crippen LogP contribution in [0.15, 0.2) is 50.2 Å². The third kappa shape index (κ3) is 15.5. The van der Waals surface area contributed by atoms with E-state index < -0.39 is 0 Å². The Morgan fingerprint density at radius 3 is 1.87 bits per heavy atom. The maximum absolute atomic E-state index is 12.0. The van der Waals surface area contributed by atoms with E-state index in [1.165, 1.54) is 0 Å². The van der Waals surface area contributed by atoms with Crippen molar-refractivity contribution in [3.05, 3.63) is 57.6 Å². The molecule has 6 rings (SSSR count). The van der Waals surface area contributed by atoms with Crippen LogP contribution in [0.3, 0.4) is 0 Å². The van der Waals surface area contributed by atoms with E-state index in [-0.39, 0.29) is 184 Å². The van der Waals surface area contributed by atoms with E-state index in [0.29, 0.717) is 25.0 Å². The van der Waals surface area contributed by atoms with E-state index in [9.17, 15) is 9.59 Å². The summed E-state index contributed by atoms with van der Waals surface area (Å²) in [6.07, 6.45) is 3.86. The van der Waals surface area contributed by atoms with Crippen LogP contribution in [0.4, 0.5) is 5.82 Å². The smallest absolute Gasteiger partial charge is 1.00 e. The summed E-state index contributed by atoms with van der Waals surface area (Å²) >= 11 is 9.84. The van der Waals surface area contributed by atoms with Gasteiger partial charge in [0.15, 0.2) is 0 Å². The van der Waals surface area contributed by atoms with Crippen LogP contribution in [-0.4, -0.2) is 76.2 Å². The van der Waals surface area contributed by atoms with Crippen molar-refractivity contribution in [2.75, 3.05) is 44.3 Å². The van der Waals surface area contributed by atoms with Crippen LogP contribution in [0.5, 0.6) is 0 Å². The normalized spacial score (nSPS) is 23.5.